The van der Waals surface area contributed by atoms with Crippen molar-refractivity contribution in [2.75, 3.05) is 20.7 Å². The number of benzene rings is 1. The zero-order chi connectivity index (χ0) is 14.4. The quantitative estimate of drug-likeness (QED) is 0.356. The molecule has 0 aromatic heterocycles. The smallest absolute Gasteiger partial charge is 0.165 e. The Hall–Kier alpha value is -1.82. The minimum Gasteiger partial charge on any atom is -0.494 e. The van der Waals surface area contributed by atoms with Crippen LogP contribution in [-0.2, 0) is 6.54 Å². The van der Waals surface area contributed by atoms with E-state index >= 15 is 0 Å². The number of nitrogens with zero attached hydrogens (tertiary/aromatic N) is 2. The molecular weight excluding hydrogens is 249 g/mol. The summed E-state index contributed by atoms with van der Waals surface area (Å²) in [6, 6.07) is 4.86. The van der Waals surface area contributed by atoms with Crippen LogP contribution < -0.4 is 10.5 Å². The zero-order valence-electron chi connectivity index (χ0n) is 11.4. The third-order valence-electron chi connectivity index (χ3n) is 2.87. The SMILES string of the molecule is COc1ccc(CN(C)CC(C)/C(N)=N/O)cc1F. The molecule has 0 fully saturated rings. The Kier molecular flexibility index (Phi) is 5.57. The molecule has 0 saturated heterocycles. The standard InChI is InChI=1S/C13H20FN3O2/c1-9(13(15)16-18)7-17(2)8-10-4-5-12(19-3)11(14)6-10/h4-6,9,18H,7-8H2,1-3H3,(H2,15,16). The van der Waals surface area contributed by atoms with Crippen LogP contribution in [0.25, 0.3) is 0 Å². The largest absolute Gasteiger partial charge is 0.494 e. The molecule has 0 aliphatic carbocycles. The van der Waals surface area contributed by atoms with E-state index in [0.717, 1.165) is 5.56 Å². The van der Waals surface area contributed by atoms with Gasteiger partial charge < -0.3 is 20.6 Å². The number of ether oxygens (including phenoxy) is 1. The number of halogens is 1. The fourth-order valence-corrected chi connectivity index (χ4v) is 1.84. The number of oxime groups is 1. The first-order valence-electron chi connectivity index (χ1n) is 5.96. The topological polar surface area (TPSA) is 71.1 Å². The normalized spacial score (nSPS) is 13.6. The molecular formula is C13H20FN3O2. The monoisotopic (exact) mass is 269 g/mol. The summed E-state index contributed by atoms with van der Waals surface area (Å²) in [5.41, 5.74) is 6.36. The predicted molar refractivity (Wildman–Crippen MR) is 71.9 cm³/mol. The molecule has 6 heteroatoms. The summed E-state index contributed by atoms with van der Waals surface area (Å²) in [5.74, 6) is -0.0276. The van der Waals surface area contributed by atoms with E-state index < -0.39 is 0 Å². The second kappa shape index (κ2) is 6.94. The van der Waals surface area contributed by atoms with Crippen molar-refractivity contribution >= 4 is 5.84 Å². The van der Waals surface area contributed by atoms with Gasteiger partial charge in [0.25, 0.3) is 0 Å². The van der Waals surface area contributed by atoms with E-state index in [9.17, 15) is 4.39 Å². The van der Waals surface area contributed by atoms with E-state index in [2.05, 4.69) is 5.16 Å². The molecule has 1 aromatic carbocycles. The lowest BCUT2D eigenvalue weighted by molar-refractivity contribution is 0.290. The molecule has 3 N–H and O–H groups in total. The van der Waals surface area contributed by atoms with Crippen molar-refractivity contribution in [1.82, 2.24) is 4.90 Å². The Balaban J connectivity index is 2.62. The summed E-state index contributed by atoms with van der Waals surface area (Å²) in [6.45, 7) is 3.05. The van der Waals surface area contributed by atoms with E-state index in [1.54, 1.807) is 6.07 Å². The highest BCUT2D eigenvalue weighted by Crippen LogP contribution is 2.18. The Morgan fingerprint density at radius 2 is 2.26 bits per heavy atom. The maximum atomic E-state index is 13.5. The molecule has 0 spiro atoms. The Labute approximate surface area is 112 Å². The summed E-state index contributed by atoms with van der Waals surface area (Å²) in [6.07, 6.45) is 0. The average molecular weight is 269 g/mol. The number of methoxy groups -OCH3 is 1. The molecule has 1 atom stereocenters. The van der Waals surface area contributed by atoms with Gasteiger partial charge in [-0.2, -0.15) is 0 Å². The van der Waals surface area contributed by atoms with Crippen LogP contribution in [0.15, 0.2) is 23.4 Å². The second-order valence-electron chi connectivity index (χ2n) is 4.59. The predicted octanol–water partition coefficient (Wildman–Crippen LogP) is 1.65. The lowest BCUT2D eigenvalue weighted by Gasteiger charge is -2.20. The molecule has 0 aliphatic rings. The highest BCUT2D eigenvalue weighted by Gasteiger charge is 2.12. The van der Waals surface area contributed by atoms with Crippen LogP contribution in [0.5, 0.6) is 5.75 Å². The first kappa shape index (κ1) is 15.2. The third-order valence-corrected chi connectivity index (χ3v) is 2.87. The zero-order valence-corrected chi connectivity index (χ0v) is 11.4. The van der Waals surface area contributed by atoms with Crippen LogP contribution in [-0.4, -0.2) is 36.6 Å². The molecule has 5 nitrogen and oxygen atoms in total. The second-order valence-corrected chi connectivity index (χ2v) is 4.59. The van der Waals surface area contributed by atoms with Gasteiger partial charge in [-0.1, -0.05) is 18.1 Å². The molecule has 19 heavy (non-hydrogen) atoms. The van der Waals surface area contributed by atoms with E-state index in [-0.39, 0.29) is 23.3 Å². The third kappa shape index (κ3) is 4.40. The van der Waals surface area contributed by atoms with Gasteiger partial charge in [0.2, 0.25) is 0 Å². The molecule has 0 bridgehead atoms. The lowest BCUT2D eigenvalue weighted by atomic mass is 10.1. The van der Waals surface area contributed by atoms with Gasteiger partial charge in [0, 0.05) is 19.0 Å². The molecule has 0 saturated carbocycles. The van der Waals surface area contributed by atoms with Crippen molar-refractivity contribution < 1.29 is 14.3 Å². The number of hydrogen-bond donors (Lipinski definition) is 2. The van der Waals surface area contributed by atoms with E-state index in [4.69, 9.17) is 15.7 Å². The Bertz CT molecular complexity index is 452. The molecule has 1 rings (SSSR count). The minimum absolute atomic E-state index is 0.0712. The van der Waals surface area contributed by atoms with Crippen molar-refractivity contribution in [1.29, 1.82) is 0 Å². The first-order chi connectivity index (χ1) is 8.97. The van der Waals surface area contributed by atoms with E-state index in [1.165, 1.54) is 13.2 Å². The highest BCUT2D eigenvalue weighted by molar-refractivity contribution is 5.82. The summed E-state index contributed by atoms with van der Waals surface area (Å²) in [4.78, 5) is 1.98. The lowest BCUT2D eigenvalue weighted by Crippen LogP contribution is -2.32. The molecule has 0 aliphatic heterocycles. The Morgan fingerprint density at radius 1 is 1.58 bits per heavy atom. The molecule has 1 aromatic rings. The summed E-state index contributed by atoms with van der Waals surface area (Å²) in [5, 5.41) is 11.6. The summed E-state index contributed by atoms with van der Waals surface area (Å²) in [7, 11) is 3.33. The van der Waals surface area contributed by atoms with Gasteiger partial charge >= 0.3 is 0 Å². The van der Waals surface area contributed by atoms with Gasteiger partial charge in [0.1, 0.15) is 5.84 Å². The average Bonchev–Trinajstić information content (AvgIpc) is 2.37. The molecule has 106 valence electrons. The van der Waals surface area contributed by atoms with Gasteiger partial charge in [-0.3, -0.25) is 0 Å². The van der Waals surface area contributed by atoms with Gasteiger partial charge in [0.05, 0.1) is 7.11 Å². The molecule has 0 amide bonds. The molecule has 0 heterocycles. The van der Waals surface area contributed by atoms with Crippen molar-refractivity contribution in [3.8, 4) is 5.75 Å². The van der Waals surface area contributed by atoms with Gasteiger partial charge in [0.15, 0.2) is 11.6 Å². The van der Waals surface area contributed by atoms with Crippen LogP contribution in [0.4, 0.5) is 4.39 Å². The van der Waals surface area contributed by atoms with Crippen molar-refractivity contribution in [2.45, 2.75) is 13.5 Å². The molecule has 1 unspecified atom stereocenters. The van der Waals surface area contributed by atoms with Crippen LogP contribution in [0, 0.1) is 11.7 Å². The number of amidine groups is 1. The van der Waals surface area contributed by atoms with Crippen LogP contribution in [0.1, 0.15) is 12.5 Å². The summed E-state index contributed by atoms with van der Waals surface area (Å²) < 4.78 is 18.4. The van der Waals surface area contributed by atoms with Gasteiger partial charge in [-0.05, 0) is 24.7 Å². The number of nitrogens with two attached hydrogens (primary N) is 1. The van der Waals surface area contributed by atoms with Crippen molar-refractivity contribution in [2.24, 2.45) is 16.8 Å². The van der Waals surface area contributed by atoms with Gasteiger partial charge in [-0.25, -0.2) is 4.39 Å². The summed E-state index contributed by atoms with van der Waals surface area (Å²) >= 11 is 0. The van der Waals surface area contributed by atoms with E-state index in [1.807, 2.05) is 24.9 Å². The number of hydrogen-bond acceptors (Lipinski definition) is 4. The van der Waals surface area contributed by atoms with Crippen LogP contribution >= 0.6 is 0 Å². The Morgan fingerprint density at radius 3 is 2.79 bits per heavy atom. The minimum atomic E-state index is -0.377. The fraction of sp³-hybridized carbons (Fsp3) is 0.462. The van der Waals surface area contributed by atoms with Gasteiger partial charge in [-0.15, -0.1) is 0 Å². The first-order valence-corrected chi connectivity index (χ1v) is 5.96. The van der Waals surface area contributed by atoms with Crippen LogP contribution in [0.3, 0.4) is 0 Å². The maximum absolute atomic E-state index is 13.5. The van der Waals surface area contributed by atoms with Crippen molar-refractivity contribution in [3.63, 3.8) is 0 Å². The highest BCUT2D eigenvalue weighted by atomic mass is 19.1. The fourth-order valence-electron chi connectivity index (χ4n) is 1.84. The number of rotatable bonds is 6. The van der Waals surface area contributed by atoms with Crippen LogP contribution in [0.2, 0.25) is 0 Å². The maximum Gasteiger partial charge on any atom is 0.165 e. The van der Waals surface area contributed by atoms with E-state index in [0.29, 0.717) is 13.1 Å². The van der Waals surface area contributed by atoms with Crippen molar-refractivity contribution in [3.05, 3.63) is 29.6 Å². The molecule has 0 radical (unpaired) electrons.